The van der Waals surface area contributed by atoms with Crippen LogP contribution in [0.15, 0.2) is 22.7 Å². The first kappa shape index (κ1) is 12.5. The SMILES string of the molecule is CC(O)CNC(=O)c1ccc(Cl)c(Br)c1. The first-order valence-corrected chi connectivity index (χ1v) is 5.59. The van der Waals surface area contributed by atoms with Gasteiger partial charge >= 0.3 is 0 Å². The molecule has 0 aliphatic carbocycles. The number of hydrogen-bond donors (Lipinski definition) is 2. The maximum Gasteiger partial charge on any atom is 0.251 e. The normalized spacial score (nSPS) is 12.3. The lowest BCUT2D eigenvalue weighted by molar-refractivity contribution is 0.0924. The zero-order chi connectivity index (χ0) is 11.4. The van der Waals surface area contributed by atoms with Crippen molar-refractivity contribution in [3.63, 3.8) is 0 Å². The van der Waals surface area contributed by atoms with Crippen molar-refractivity contribution >= 4 is 33.4 Å². The molecule has 0 bridgehead atoms. The minimum atomic E-state index is -0.551. The Kier molecular flexibility index (Phi) is 4.57. The van der Waals surface area contributed by atoms with Gasteiger partial charge in [0.2, 0.25) is 0 Å². The molecule has 0 radical (unpaired) electrons. The fourth-order valence-corrected chi connectivity index (χ4v) is 1.48. The molecule has 0 saturated heterocycles. The van der Waals surface area contributed by atoms with E-state index in [0.29, 0.717) is 15.1 Å². The Morgan fingerprint density at radius 2 is 2.33 bits per heavy atom. The number of aliphatic hydroxyl groups excluding tert-OH is 1. The Balaban J connectivity index is 2.70. The summed E-state index contributed by atoms with van der Waals surface area (Å²) >= 11 is 9.03. The van der Waals surface area contributed by atoms with Crippen molar-refractivity contribution in [2.45, 2.75) is 13.0 Å². The number of carbonyl (C=O) groups excluding carboxylic acids is 1. The predicted octanol–water partition coefficient (Wildman–Crippen LogP) is 2.21. The molecule has 82 valence electrons. The van der Waals surface area contributed by atoms with Crippen molar-refractivity contribution < 1.29 is 9.90 Å². The number of amides is 1. The minimum absolute atomic E-state index is 0.228. The van der Waals surface area contributed by atoms with Gasteiger partial charge in [-0.3, -0.25) is 4.79 Å². The van der Waals surface area contributed by atoms with Gasteiger partial charge in [-0.05, 0) is 41.1 Å². The van der Waals surface area contributed by atoms with Crippen LogP contribution < -0.4 is 5.32 Å². The lowest BCUT2D eigenvalue weighted by Crippen LogP contribution is -2.30. The van der Waals surface area contributed by atoms with Gasteiger partial charge in [-0.15, -0.1) is 0 Å². The average Bonchev–Trinajstić information content (AvgIpc) is 2.18. The fraction of sp³-hybridized carbons (Fsp3) is 0.300. The van der Waals surface area contributed by atoms with Crippen molar-refractivity contribution in [2.24, 2.45) is 0 Å². The van der Waals surface area contributed by atoms with Crippen molar-refractivity contribution in [3.05, 3.63) is 33.3 Å². The molecule has 5 heteroatoms. The number of carbonyl (C=O) groups is 1. The minimum Gasteiger partial charge on any atom is -0.392 e. The van der Waals surface area contributed by atoms with Crippen LogP contribution in [0.3, 0.4) is 0 Å². The molecule has 0 aromatic heterocycles. The van der Waals surface area contributed by atoms with Crippen LogP contribution in [0.25, 0.3) is 0 Å². The molecule has 3 nitrogen and oxygen atoms in total. The number of halogens is 2. The third-order valence-electron chi connectivity index (χ3n) is 1.74. The van der Waals surface area contributed by atoms with Crippen LogP contribution in [0.2, 0.25) is 5.02 Å². The van der Waals surface area contributed by atoms with Crippen molar-refractivity contribution in [2.75, 3.05) is 6.54 Å². The summed E-state index contributed by atoms with van der Waals surface area (Å²) in [5.74, 6) is -0.228. The summed E-state index contributed by atoms with van der Waals surface area (Å²) < 4.78 is 0.675. The monoisotopic (exact) mass is 291 g/mol. The van der Waals surface area contributed by atoms with Gasteiger partial charge in [0.1, 0.15) is 0 Å². The number of benzene rings is 1. The molecule has 0 aliphatic heterocycles. The van der Waals surface area contributed by atoms with Gasteiger partial charge in [0.25, 0.3) is 5.91 Å². The van der Waals surface area contributed by atoms with Crippen LogP contribution in [0.4, 0.5) is 0 Å². The summed E-state index contributed by atoms with van der Waals surface area (Å²) in [5, 5.41) is 12.2. The second kappa shape index (κ2) is 5.49. The van der Waals surface area contributed by atoms with Gasteiger partial charge < -0.3 is 10.4 Å². The Labute approximate surface area is 102 Å². The summed E-state index contributed by atoms with van der Waals surface area (Å²) in [6.07, 6.45) is -0.551. The molecule has 2 N–H and O–H groups in total. The molecule has 1 aromatic carbocycles. The third-order valence-corrected chi connectivity index (χ3v) is 2.95. The van der Waals surface area contributed by atoms with E-state index in [0.717, 1.165) is 0 Å². The Hall–Kier alpha value is -0.580. The number of nitrogens with one attached hydrogen (secondary N) is 1. The van der Waals surface area contributed by atoms with E-state index >= 15 is 0 Å². The van der Waals surface area contributed by atoms with E-state index < -0.39 is 6.10 Å². The lowest BCUT2D eigenvalue weighted by atomic mass is 10.2. The molecule has 0 fully saturated rings. The molecule has 0 heterocycles. The van der Waals surface area contributed by atoms with Crippen molar-refractivity contribution in [3.8, 4) is 0 Å². The molecule has 1 rings (SSSR count). The Morgan fingerprint density at radius 1 is 1.67 bits per heavy atom. The zero-order valence-corrected chi connectivity index (χ0v) is 10.5. The summed E-state index contributed by atoms with van der Waals surface area (Å²) in [7, 11) is 0. The maximum atomic E-state index is 11.5. The van der Waals surface area contributed by atoms with Crippen LogP contribution in [-0.4, -0.2) is 23.7 Å². The van der Waals surface area contributed by atoms with E-state index in [4.69, 9.17) is 16.7 Å². The Morgan fingerprint density at radius 3 is 2.87 bits per heavy atom. The van der Waals surface area contributed by atoms with Gasteiger partial charge in [0, 0.05) is 16.6 Å². The van der Waals surface area contributed by atoms with E-state index in [-0.39, 0.29) is 12.5 Å². The second-order valence-corrected chi connectivity index (χ2v) is 4.45. The molecule has 0 saturated carbocycles. The topological polar surface area (TPSA) is 49.3 Å². The van der Waals surface area contributed by atoms with Crippen LogP contribution in [0.1, 0.15) is 17.3 Å². The maximum absolute atomic E-state index is 11.5. The zero-order valence-electron chi connectivity index (χ0n) is 8.13. The van der Waals surface area contributed by atoms with Crippen molar-refractivity contribution in [1.29, 1.82) is 0 Å². The quantitative estimate of drug-likeness (QED) is 0.897. The summed E-state index contributed by atoms with van der Waals surface area (Å²) in [5.41, 5.74) is 0.506. The van der Waals surface area contributed by atoms with Gasteiger partial charge in [-0.2, -0.15) is 0 Å². The highest BCUT2D eigenvalue weighted by molar-refractivity contribution is 9.10. The summed E-state index contributed by atoms with van der Waals surface area (Å²) in [4.78, 5) is 11.5. The highest BCUT2D eigenvalue weighted by Gasteiger charge is 2.07. The Bertz CT molecular complexity index is 368. The summed E-state index contributed by atoms with van der Waals surface area (Å²) in [6.45, 7) is 1.84. The number of aliphatic hydroxyl groups is 1. The van der Waals surface area contributed by atoms with Crippen LogP contribution >= 0.6 is 27.5 Å². The molecule has 15 heavy (non-hydrogen) atoms. The van der Waals surface area contributed by atoms with E-state index in [9.17, 15) is 4.79 Å². The standard InChI is InChI=1S/C10H11BrClNO2/c1-6(14)5-13-10(15)7-2-3-9(12)8(11)4-7/h2-4,6,14H,5H2,1H3,(H,13,15). The lowest BCUT2D eigenvalue weighted by Gasteiger charge is -2.07. The largest absolute Gasteiger partial charge is 0.392 e. The smallest absolute Gasteiger partial charge is 0.251 e. The first-order valence-electron chi connectivity index (χ1n) is 4.42. The fourth-order valence-electron chi connectivity index (χ4n) is 0.980. The van der Waals surface area contributed by atoms with E-state index in [1.165, 1.54) is 0 Å². The first-order chi connectivity index (χ1) is 7.00. The second-order valence-electron chi connectivity index (χ2n) is 3.19. The molecule has 1 atom stereocenters. The van der Waals surface area contributed by atoms with Gasteiger partial charge in [-0.25, -0.2) is 0 Å². The average molecular weight is 293 g/mol. The van der Waals surface area contributed by atoms with Crippen molar-refractivity contribution in [1.82, 2.24) is 5.32 Å². The van der Waals surface area contributed by atoms with Crippen LogP contribution in [-0.2, 0) is 0 Å². The van der Waals surface area contributed by atoms with Crippen LogP contribution in [0.5, 0.6) is 0 Å². The molecular weight excluding hydrogens is 281 g/mol. The third kappa shape index (κ3) is 3.81. The molecule has 1 unspecified atom stereocenters. The van der Waals surface area contributed by atoms with E-state index in [1.54, 1.807) is 25.1 Å². The van der Waals surface area contributed by atoms with Crippen LogP contribution in [0, 0.1) is 0 Å². The van der Waals surface area contributed by atoms with Gasteiger partial charge in [0.05, 0.1) is 11.1 Å². The molecule has 1 amide bonds. The van der Waals surface area contributed by atoms with E-state index in [2.05, 4.69) is 21.2 Å². The van der Waals surface area contributed by atoms with Gasteiger partial charge in [0.15, 0.2) is 0 Å². The molecule has 0 aliphatic rings. The molecule has 0 spiro atoms. The van der Waals surface area contributed by atoms with E-state index in [1.807, 2.05) is 0 Å². The molecule has 1 aromatic rings. The predicted molar refractivity (Wildman–Crippen MR) is 63.2 cm³/mol. The highest BCUT2D eigenvalue weighted by atomic mass is 79.9. The number of hydrogen-bond acceptors (Lipinski definition) is 2. The highest BCUT2D eigenvalue weighted by Crippen LogP contribution is 2.23. The number of rotatable bonds is 3. The van der Waals surface area contributed by atoms with Gasteiger partial charge in [-0.1, -0.05) is 11.6 Å². The molecular formula is C10H11BrClNO2. The summed E-state index contributed by atoms with van der Waals surface area (Å²) in [6, 6.07) is 4.91.